The average molecular weight is 255 g/mol. The maximum absolute atomic E-state index is 11.6. The first kappa shape index (κ1) is 13.8. The van der Waals surface area contributed by atoms with Crippen LogP contribution in [-0.2, 0) is 11.8 Å². The molecule has 0 radical (unpaired) electrons. The molecule has 100 valence electrons. The number of hydrogen-bond donors (Lipinski definition) is 4. The van der Waals surface area contributed by atoms with Crippen LogP contribution in [-0.4, -0.2) is 21.0 Å². The van der Waals surface area contributed by atoms with Crippen LogP contribution in [0.1, 0.15) is 20.3 Å². The molecule has 1 aromatic rings. The highest BCUT2D eigenvalue weighted by atomic mass is 16.2. The Morgan fingerprint density at radius 3 is 2.50 bits per heavy atom. The number of nitrogens with one attached hydrogen (secondary N) is 2. The summed E-state index contributed by atoms with van der Waals surface area (Å²) in [5.41, 5.74) is 8.86. The smallest absolute Gasteiger partial charge is 0.329 e. The van der Waals surface area contributed by atoms with Crippen LogP contribution in [0.3, 0.4) is 0 Å². The molecule has 0 aliphatic heterocycles. The lowest BCUT2D eigenvalue weighted by Crippen LogP contribution is -2.40. The van der Waals surface area contributed by atoms with Gasteiger partial charge in [-0.1, -0.05) is 0 Å². The summed E-state index contributed by atoms with van der Waals surface area (Å²) in [7, 11) is 1.43. The summed E-state index contributed by atoms with van der Waals surface area (Å²) < 4.78 is 1.10. The molecule has 0 atom stereocenters. The highest BCUT2D eigenvalue weighted by Crippen LogP contribution is 2.18. The first-order valence-electron chi connectivity index (χ1n) is 5.29. The number of carbonyl (C=O) groups is 1. The van der Waals surface area contributed by atoms with Gasteiger partial charge in [-0.25, -0.2) is 4.79 Å². The normalized spacial score (nSPS) is 11.3. The second-order valence-electron chi connectivity index (χ2n) is 4.73. The molecule has 0 aliphatic rings. The summed E-state index contributed by atoms with van der Waals surface area (Å²) in [6.07, 6.45) is 0.0225. The molecular formula is C10H17N5O3. The molecule has 8 nitrogen and oxygen atoms in total. The van der Waals surface area contributed by atoms with E-state index in [1.807, 2.05) is 0 Å². The molecule has 18 heavy (non-hydrogen) atoms. The standard InChI is InChI=1S/C10H17N5O3/c1-10(2,4-5(11)16)14-6-7(12)15(3)9(18)13-8(6)17/h14H,4,12H2,1-3H3,(H2,11,16)(H,13,17,18). The number of nitrogens with two attached hydrogens (primary N) is 2. The van der Waals surface area contributed by atoms with E-state index < -0.39 is 22.7 Å². The Morgan fingerprint density at radius 1 is 1.44 bits per heavy atom. The molecule has 0 aromatic carbocycles. The predicted octanol–water partition coefficient (Wildman–Crippen LogP) is -1.28. The van der Waals surface area contributed by atoms with E-state index in [-0.39, 0.29) is 17.9 Å². The van der Waals surface area contributed by atoms with Crippen LogP contribution in [0, 0.1) is 0 Å². The van der Waals surface area contributed by atoms with Gasteiger partial charge < -0.3 is 16.8 Å². The minimum absolute atomic E-state index is 0.00120. The summed E-state index contributed by atoms with van der Waals surface area (Å²) in [6.45, 7) is 3.39. The zero-order valence-electron chi connectivity index (χ0n) is 10.5. The van der Waals surface area contributed by atoms with Gasteiger partial charge in [0, 0.05) is 19.0 Å². The van der Waals surface area contributed by atoms with E-state index in [0.717, 1.165) is 4.57 Å². The van der Waals surface area contributed by atoms with Gasteiger partial charge >= 0.3 is 5.69 Å². The zero-order valence-corrected chi connectivity index (χ0v) is 10.5. The maximum Gasteiger partial charge on any atom is 0.329 e. The third-order valence-electron chi connectivity index (χ3n) is 2.45. The van der Waals surface area contributed by atoms with E-state index in [9.17, 15) is 14.4 Å². The van der Waals surface area contributed by atoms with Crippen molar-refractivity contribution in [3.63, 3.8) is 0 Å². The van der Waals surface area contributed by atoms with Gasteiger partial charge in [-0.3, -0.25) is 19.1 Å². The fourth-order valence-corrected chi connectivity index (χ4v) is 1.58. The van der Waals surface area contributed by atoms with Crippen molar-refractivity contribution < 1.29 is 4.79 Å². The maximum atomic E-state index is 11.6. The van der Waals surface area contributed by atoms with Gasteiger partial charge in [-0.05, 0) is 13.8 Å². The third kappa shape index (κ3) is 2.90. The van der Waals surface area contributed by atoms with Crippen molar-refractivity contribution in [2.24, 2.45) is 12.8 Å². The summed E-state index contributed by atoms with van der Waals surface area (Å²) in [6, 6.07) is 0. The van der Waals surface area contributed by atoms with Crippen LogP contribution in [0.15, 0.2) is 9.59 Å². The molecule has 0 fully saturated rings. The van der Waals surface area contributed by atoms with Gasteiger partial charge in [0.15, 0.2) is 0 Å². The molecule has 1 heterocycles. The number of primary amides is 1. The van der Waals surface area contributed by atoms with Crippen molar-refractivity contribution in [1.82, 2.24) is 9.55 Å². The number of anilines is 2. The van der Waals surface area contributed by atoms with Crippen LogP contribution in [0.4, 0.5) is 11.5 Å². The summed E-state index contributed by atoms with van der Waals surface area (Å²) in [4.78, 5) is 36.0. The third-order valence-corrected chi connectivity index (χ3v) is 2.45. The predicted molar refractivity (Wildman–Crippen MR) is 68.2 cm³/mol. The Hall–Kier alpha value is -2.25. The SMILES string of the molecule is Cn1c(N)c(NC(C)(C)CC(N)=O)c(=O)[nH]c1=O. The van der Waals surface area contributed by atoms with Crippen molar-refractivity contribution in [1.29, 1.82) is 0 Å². The number of H-pyrrole nitrogens is 1. The zero-order chi connectivity index (χ0) is 14.1. The van der Waals surface area contributed by atoms with Crippen molar-refractivity contribution >= 4 is 17.4 Å². The quantitative estimate of drug-likeness (QED) is 0.531. The lowest BCUT2D eigenvalue weighted by molar-refractivity contribution is -0.118. The van der Waals surface area contributed by atoms with E-state index in [1.165, 1.54) is 7.05 Å². The van der Waals surface area contributed by atoms with Gasteiger partial charge in [-0.15, -0.1) is 0 Å². The Morgan fingerprint density at radius 2 is 2.00 bits per heavy atom. The van der Waals surface area contributed by atoms with E-state index in [1.54, 1.807) is 13.8 Å². The molecule has 0 saturated heterocycles. The van der Waals surface area contributed by atoms with Crippen LogP contribution >= 0.6 is 0 Å². The van der Waals surface area contributed by atoms with Gasteiger partial charge in [0.2, 0.25) is 5.91 Å². The average Bonchev–Trinajstić information content (AvgIpc) is 2.19. The molecule has 0 unspecified atom stereocenters. The van der Waals surface area contributed by atoms with E-state index in [4.69, 9.17) is 11.5 Å². The fourth-order valence-electron chi connectivity index (χ4n) is 1.58. The number of amides is 1. The summed E-state index contributed by atoms with van der Waals surface area (Å²) in [5, 5.41) is 2.82. The van der Waals surface area contributed by atoms with E-state index in [0.29, 0.717) is 0 Å². The summed E-state index contributed by atoms with van der Waals surface area (Å²) >= 11 is 0. The second kappa shape index (κ2) is 4.55. The molecular weight excluding hydrogens is 238 g/mol. The number of aromatic nitrogens is 2. The van der Waals surface area contributed by atoms with E-state index in [2.05, 4.69) is 10.3 Å². The van der Waals surface area contributed by atoms with Crippen LogP contribution in [0.2, 0.25) is 0 Å². The van der Waals surface area contributed by atoms with Gasteiger partial charge in [-0.2, -0.15) is 0 Å². The van der Waals surface area contributed by atoms with E-state index >= 15 is 0 Å². The Kier molecular flexibility index (Phi) is 3.49. The van der Waals surface area contributed by atoms with Crippen molar-refractivity contribution in [3.05, 3.63) is 20.8 Å². The van der Waals surface area contributed by atoms with Gasteiger partial charge in [0.1, 0.15) is 11.5 Å². The molecule has 8 heteroatoms. The number of carbonyl (C=O) groups excluding carboxylic acids is 1. The minimum Gasteiger partial charge on any atom is -0.383 e. The number of aromatic amines is 1. The fraction of sp³-hybridized carbons (Fsp3) is 0.500. The molecule has 1 rings (SSSR count). The molecule has 0 spiro atoms. The Bertz CT molecular complexity index is 584. The highest BCUT2D eigenvalue weighted by molar-refractivity contribution is 5.76. The molecule has 0 aliphatic carbocycles. The minimum atomic E-state index is -0.746. The number of hydrogen-bond acceptors (Lipinski definition) is 5. The molecule has 0 saturated carbocycles. The van der Waals surface area contributed by atoms with Crippen molar-refractivity contribution in [3.8, 4) is 0 Å². The molecule has 1 amide bonds. The number of nitrogen functional groups attached to an aromatic ring is 1. The van der Waals surface area contributed by atoms with Crippen LogP contribution in [0.5, 0.6) is 0 Å². The van der Waals surface area contributed by atoms with Crippen molar-refractivity contribution in [2.45, 2.75) is 25.8 Å². The van der Waals surface area contributed by atoms with Gasteiger partial charge in [0.25, 0.3) is 5.56 Å². The van der Waals surface area contributed by atoms with Crippen LogP contribution < -0.4 is 28.0 Å². The highest BCUT2D eigenvalue weighted by Gasteiger charge is 2.23. The topological polar surface area (TPSA) is 136 Å². The summed E-state index contributed by atoms with van der Waals surface area (Å²) in [5.74, 6) is -0.506. The van der Waals surface area contributed by atoms with Gasteiger partial charge in [0.05, 0.1) is 0 Å². The molecule has 0 bridgehead atoms. The van der Waals surface area contributed by atoms with Crippen molar-refractivity contribution in [2.75, 3.05) is 11.1 Å². The molecule has 1 aromatic heterocycles. The first-order chi connectivity index (χ1) is 8.14. The van der Waals surface area contributed by atoms with Crippen LogP contribution in [0.25, 0.3) is 0 Å². The Balaban J connectivity index is 3.20. The Labute approximate surface area is 103 Å². The number of rotatable bonds is 4. The first-order valence-corrected chi connectivity index (χ1v) is 5.29. The molecule has 6 N–H and O–H groups in total. The largest absolute Gasteiger partial charge is 0.383 e. The lowest BCUT2D eigenvalue weighted by atomic mass is 10.00. The second-order valence-corrected chi connectivity index (χ2v) is 4.73. The monoisotopic (exact) mass is 255 g/mol. The number of nitrogens with zero attached hydrogens (tertiary/aromatic N) is 1. The lowest BCUT2D eigenvalue weighted by Gasteiger charge is -2.26.